The molecule has 0 aromatic carbocycles. The zero-order chi connectivity index (χ0) is 14.0. The van der Waals surface area contributed by atoms with Gasteiger partial charge in [0, 0.05) is 13.1 Å². The van der Waals surface area contributed by atoms with E-state index in [9.17, 15) is 14.7 Å². The molecule has 0 spiro atoms. The van der Waals surface area contributed by atoms with Gasteiger partial charge in [-0.25, -0.2) is 0 Å². The average molecular weight is 255 g/mol. The Bertz CT molecular complexity index is 327. The zero-order valence-corrected chi connectivity index (χ0v) is 12.0. The molecule has 0 aromatic heterocycles. The van der Waals surface area contributed by atoms with Gasteiger partial charge in [-0.1, -0.05) is 20.8 Å². The highest BCUT2D eigenvalue weighted by molar-refractivity contribution is 5.85. The summed E-state index contributed by atoms with van der Waals surface area (Å²) in [6.45, 7) is 8.17. The van der Waals surface area contributed by atoms with Crippen molar-refractivity contribution in [1.82, 2.24) is 4.90 Å². The fourth-order valence-electron chi connectivity index (χ4n) is 2.75. The normalized spacial score (nSPS) is 29.3. The fraction of sp³-hybridized carbons (Fsp3) is 0.857. The molecular weight excluding hydrogens is 230 g/mol. The minimum absolute atomic E-state index is 0.00653. The highest BCUT2D eigenvalue weighted by Crippen LogP contribution is 2.37. The van der Waals surface area contributed by atoms with Gasteiger partial charge in [-0.05, 0) is 31.6 Å². The molecule has 1 N–H and O–H groups in total. The molecule has 1 saturated carbocycles. The van der Waals surface area contributed by atoms with Crippen LogP contribution in [0.1, 0.15) is 40.5 Å². The number of hydrogen-bond acceptors (Lipinski definition) is 2. The molecule has 4 atom stereocenters. The number of carbonyl (C=O) groups excluding carboxylic acids is 1. The summed E-state index contributed by atoms with van der Waals surface area (Å²) in [5.41, 5.74) is 0. The van der Waals surface area contributed by atoms with Crippen molar-refractivity contribution in [1.29, 1.82) is 0 Å². The number of aliphatic carboxylic acids is 1. The Balaban J connectivity index is 2.79. The summed E-state index contributed by atoms with van der Waals surface area (Å²) in [4.78, 5) is 25.4. The molecule has 0 aliphatic heterocycles. The van der Waals surface area contributed by atoms with E-state index in [1.807, 2.05) is 13.8 Å². The van der Waals surface area contributed by atoms with E-state index in [2.05, 4.69) is 13.8 Å². The van der Waals surface area contributed by atoms with Crippen molar-refractivity contribution in [3.8, 4) is 0 Å². The van der Waals surface area contributed by atoms with Gasteiger partial charge in [0.05, 0.1) is 11.8 Å². The molecule has 0 heterocycles. The topological polar surface area (TPSA) is 57.6 Å². The van der Waals surface area contributed by atoms with Crippen LogP contribution in [0, 0.1) is 23.7 Å². The van der Waals surface area contributed by atoms with Crippen molar-refractivity contribution < 1.29 is 14.7 Å². The summed E-state index contributed by atoms with van der Waals surface area (Å²) in [5, 5.41) is 9.21. The van der Waals surface area contributed by atoms with Crippen LogP contribution in [-0.2, 0) is 9.59 Å². The lowest BCUT2D eigenvalue weighted by Crippen LogP contribution is -2.43. The highest BCUT2D eigenvalue weighted by atomic mass is 16.4. The average Bonchev–Trinajstić information content (AvgIpc) is 2.68. The van der Waals surface area contributed by atoms with Gasteiger partial charge in [0.1, 0.15) is 0 Å². The Morgan fingerprint density at radius 1 is 1.17 bits per heavy atom. The Hall–Kier alpha value is -1.06. The summed E-state index contributed by atoms with van der Waals surface area (Å²) in [6.07, 6.45) is 1.32. The first kappa shape index (κ1) is 15.0. The van der Waals surface area contributed by atoms with Crippen molar-refractivity contribution in [2.24, 2.45) is 23.7 Å². The summed E-state index contributed by atoms with van der Waals surface area (Å²) >= 11 is 0. The smallest absolute Gasteiger partial charge is 0.307 e. The molecule has 1 aliphatic carbocycles. The van der Waals surface area contributed by atoms with E-state index in [1.54, 1.807) is 11.9 Å². The van der Waals surface area contributed by atoms with E-state index in [0.29, 0.717) is 24.7 Å². The van der Waals surface area contributed by atoms with Crippen LogP contribution in [0.4, 0.5) is 0 Å². The minimum Gasteiger partial charge on any atom is -0.481 e. The van der Waals surface area contributed by atoms with Gasteiger partial charge in [-0.2, -0.15) is 0 Å². The molecule has 0 saturated heterocycles. The molecule has 1 fully saturated rings. The first-order valence-electron chi connectivity index (χ1n) is 6.75. The lowest BCUT2D eigenvalue weighted by Gasteiger charge is -2.31. The molecule has 1 amide bonds. The largest absolute Gasteiger partial charge is 0.481 e. The van der Waals surface area contributed by atoms with E-state index in [4.69, 9.17) is 0 Å². The van der Waals surface area contributed by atoms with Crippen LogP contribution < -0.4 is 0 Å². The van der Waals surface area contributed by atoms with Crippen LogP contribution >= 0.6 is 0 Å². The van der Waals surface area contributed by atoms with Crippen molar-refractivity contribution in [3.63, 3.8) is 0 Å². The third kappa shape index (κ3) is 3.03. The molecule has 0 radical (unpaired) electrons. The number of carbonyl (C=O) groups is 2. The summed E-state index contributed by atoms with van der Waals surface area (Å²) in [7, 11) is 1.79. The number of rotatable bonds is 4. The van der Waals surface area contributed by atoms with E-state index in [1.165, 1.54) is 0 Å². The summed E-state index contributed by atoms with van der Waals surface area (Å²) in [5.74, 6) is -0.988. The first-order valence-corrected chi connectivity index (χ1v) is 6.75. The van der Waals surface area contributed by atoms with Gasteiger partial charge in [-0.15, -0.1) is 0 Å². The van der Waals surface area contributed by atoms with Crippen molar-refractivity contribution in [3.05, 3.63) is 0 Å². The van der Waals surface area contributed by atoms with Crippen LogP contribution in [0.15, 0.2) is 0 Å². The third-order valence-corrected chi connectivity index (χ3v) is 4.36. The molecular formula is C14H25NO3. The number of nitrogens with zero attached hydrogens (tertiary/aromatic N) is 1. The predicted molar refractivity (Wildman–Crippen MR) is 70.1 cm³/mol. The van der Waals surface area contributed by atoms with Gasteiger partial charge in [0.2, 0.25) is 5.91 Å². The maximum absolute atomic E-state index is 12.4. The predicted octanol–water partition coefficient (Wildman–Crippen LogP) is 2.24. The van der Waals surface area contributed by atoms with Crippen LogP contribution in [0.25, 0.3) is 0 Å². The molecule has 0 bridgehead atoms. The van der Waals surface area contributed by atoms with Gasteiger partial charge in [-0.3, -0.25) is 9.59 Å². The zero-order valence-electron chi connectivity index (χ0n) is 12.0. The molecule has 1 rings (SSSR count). The van der Waals surface area contributed by atoms with Crippen molar-refractivity contribution in [2.45, 2.75) is 46.6 Å². The van der Waals surface area contributed by atoms with Crippen molar-refractivity contribution in [2.75, 3.05) is 7.05 Å². The van der Waals surface area contributed by atoms with E-state index < -0.39 is 11.9 Å². The van der Waals surface area contributed by atoms with Crippen LogP contribution in [-0.4, -0.2) is 35.0 Å². The lowest BCUT2D eigenvalue weighted by molar-refractivity contribution is -0.149. The molecule has 1 aliphatic rings. The Kier molecular flexibility index (Phi) is 4.77. The fourth-order valence-corrected chi connectivity index (χ4v) is 2.75. The second-order valence-electron chi connectivity index (χ2n) is 6.06. The minimum atomic E-state index is -0.830. The summed E-state index contributed by atoms with van der Waals surface area (Å²) in [6, 6.07) is 0.142. The molecule has 18 heavy (non-hydrogen) atoms. The van der Waals surface area contributed by atoms with Gasteiger partial charge in [0.25, 0.3) is 0 Å². The lowest BCUT2D eigenvalue weighted by atomic mass is 9.93. The molecule has 4 heteroatoms. The highest BCUT2D eigenvalue weighted by Gasteiger charge is 2.42. The molecule has 4 nitrogen and oxygen atoms in total. The van der Waals surface area contributed by atoms with Crippen LogP contribution in [0.5, 0.6) is 0 Å². The first-order chi connectivity index (χ1) is 8.25. The van der Waals surface area contributed by atoms with E-state index >= 15 is 0 Å². The van der Waals surface area contributed by atoms with Crippen molar-refractivity contribution >= 4 is 11.9 Å². The standard InChI is InChI=1S/C14H25NO3/c1-8(2)10(4)15(5)13(16)11-6-9(3)7-12(11)14(17)18/h8-12H,6-7H2,1-5H3,(H,17,18)/t9?,10?,11-,12+/m0/s1. The SMILES string of the molecule is CC1C[C@H](C(=O)N(C)C(C)C(C)C)[C@H](C(=O)O)C1. The van der Waals surface area contributed by atoms with E-state index in [0.717, 1.165) is 0 Å². The number of hydrogen-bond donors (Lipinski definition) is 1. The van der Waals surface area contributed by atoms with Crippen LogP contribution in [0.2, 0.25) is 0 Å². The van der Waals surface area contributed by atoms with E-state index in [-0.39, 0.29) is 17.9 Å². The summed E-state index contributed by atoms with van der Waals surface area (Å²) < 4.78 is 0. The molecule has 0 aromatic rings. The second kappa shape index (κ2) is 5.72. The molecule has 104 valence electrons. The number of carboxylic acids is 1. The second-order valence-corrected chi connectivity index (χ2v) is 6.06. The van der Waals surface area contributed by atoms with Crippen LogP contribution in [0.3, 0.4) is 0 Å². The monoisotopic (exact) mass is 255 g/mol. The Morgan fingerprint density at radius 2 is 1.67 bits per heavy atom. The molecule has 2 unspecified atom stereocenters. The Labute approximate surface area is 109 Å². The van der Waals surface area contributed by atoms with Gasteiger partial charge >= 0.3 is 5.97 Å². The number of amides is 1. The van der Waals surface area contributed by atoms with Gasteiger partial charge in [0.15, 0.2) is 0 Å². The third-order valence-electron chi connectivity index (χ3n) is 4.36. The maximum Gasteiger partial charge on any atom is 0.307 e. The Morgan fingerprint density at radius 3 is 2.11 bits per heavy atom. The number of carboxylic acid groups (broad SMARTS) is 1. The quantitative estimate of drug-likeness (QED) is 0.838. The maximum atomic E-state index is 12.4. The van der Waals surface area contributed by atoms with Gasteiger partial charge < -0.3 is 10.0 Å².